The highest BCUT2D eigenvalue weighted by molar-refractivity contribution is 6.35. The van der Waals surface area contributed by atoms with Crippen molar-refractivity contribution in [3.63, 3.8) is 0 Å². The zero-order valence-corrected chi connectivity index (χ0v) is 11.6. The second-order valence-corrected chi connectivity index (χ2v) is 5.44. The zero-order chi connectivity index (χ0) is 13.6. The number of esters is 1. The van der Waals surface area contributed by atoms with Gasteiger partial charge in [0.2, 0.25) is 0 Å². The molecule has 1 aliphatic rings. The Hall–Kier alpha value is -1.51. The highest BCUT2D eigenvalue weighted by atomic mass is 35.5. The minimum Gasteiger partial charge on any atom is -0.446 e. The van der Waals surface area contributed by atoms with Crippen LogP contribution in [0.25, 0.3) is 0 Å². The molecule has 0 aliphatic carbocycles. The molecule has 0 bridgehead atoms. The molecule has 2 aromatic carbocycles. The van der Waals surface area contributed by atoms with Crippen LogP contribution in [0, 0.1) is 0 Å². The van der Waals surface area contributed by atoms with E-state index in [1.165, 1.54) is 0 Å². The Balaban J connectivity index is 2.23. The molecule has 0 saturated heterocycles. The van der Waals surface area contributed by atoms with Gasteiger partial charge in [-0.2, -0.15) is 0 Å². The van der Waals surface area contributed by atoms with Crippen LogP contribution in [0.15, 0.2) is 42.5 Å². The summed E-state index contributed by atoms with van der Waals surface area (Å²) in [5.74, 6) is -0.330. The summed E-state index contributed by atoms with van der Waals surface area (Å²) in [6.07, 6.45) is 0. The number of rotatable bonds is 1. The Kier molecular flexibility index (Phi) is 2.80. The fraction of sp³-hybridized carbons (Fsp3) is 0.133. The third-order valence-electron chi connectivity index (χ3n) is 3.40. The maximum Gasteiger partial charge on any atom is 0.339 e. The molecule has 0 radical (unpaired) electrons. The van der Waals surface area contributed by atoms with Gasteiger partial charge in [0.1, 0.15) is 0 Å². The lowest BCUT2D eigenvalue weighted by atomic mass is 9.87. The summed E-state index contributed by atoms with van der Waals surface area (Å²) in [6, 6.07) is 12.5. The van der Waals surface area contributed by atoms with Gasteiger partial charge >= 0.3 is 5.97 Å². The predicted octanol–water partition coefficient (Wildman–Crippen LogP) is 4.43. The molecule has 96 valence electrons. The fourth-order valence-corrected chi connectivity index (χ4v) is 3.04. The fourth-order valence-electron chi connectivity index (χ4n) is 2.45. The molecule has 0 spiro atoms. The third-order valence-corrected chi connectivity index (χ3v) is 3.95. The SMILES string of the molecule is CC1(c2ccc(Cl)cc2Cl)OC(=O)c2ccccc21. The number of carbonyl (C=O) groups is 1. The highest BCUT2D eigenvalue weighted by Crippen LogP contribution is 2.44. The molecule has 0 saturated carbocycles. The van der Waals surface area contributed by atoms with E-state index in [4.69, 9.17) is 27.9 Å². The van der Waals surface area contributed by atoms with E-state index in [-0.39, 0.29) is 5.97 Å². The summed E-state index contributed by atoms with van der Waals surface area (Å²) >= 11 is 12.1. The van der Waals surface area contributed by atoms with E-state index < -0.39 is 5.60 Å². The van der Waals surface area contributed by atoms with Crippen LogP contribution in [0.3, 0.4) is 0 Å². The summed E-state index contributed by atoms with van der Waals surface area (Å²) < 4.78 is 5.56. The van der Waals surface area contributed by atoms with Crippen LogP contribution in [0.5, 0.6) is 0 Å². The van der Waals surface area contributed by atoms with Crippen molar-refractivity contribution in [2.75, 3.05) is 0 Å². The normalized spacial score (nSPS) is 21.1. The van der Waals surface area contributed by atoms with Crippen molar-refractivity contribution < 1.29 is 9.53 Å². The van der Waals surface area contributed by atoms with Crippen LogP contribution in [-0.2, 0) is 10.3 Å². The van der Waals surface area contributed by atoms with Crippen molar-refractivity contribution in [2.24, 2.45) is 0 Å². The second kappa shape index (κ2) is 4.26. The van der Waals surface area contributed by atoms with E-state index in [2.05, 4.69) is 0 Å². The van der Waals surface area contributed by atoms with Crippen molar-refractivity contribution >= 4 is 29.2 Å². The van der Waals surface area contributed by atoms with Gasteiger partial charge in [-0.1, -0.05) is 47.5 Å². The molecule has 1 atom stereocenters. The largest absolute Gasteiger partial charge is 0.446 e. The van der Waals surface area contributed by atoms with Crippen LogP contribution in [0.4, 0.5) is 0 Å². The van der Waals surface area contributed by atoms with Crippen molar-refractivity contribution in [1.29, 1.82) is 0 Å². The van der Waals surface area contributed by atoms with E-state index in [1.54, 1.807) is 24.3 Å². The molecular weight excluding hydrogens is 283 g/mol. The molecule has 2 nitrogen and oxygen atoms in total. The first-order valence-corrected chi connectivity index (χ1v) is 6.56. The number of hydrogen-bond donors (Lipinski definition) is 0. The van der Waals surface area contributed by atoms with Gasteiger partial charge in [-0.3, -0.25) is 0 Å². The lowest BCUT2D eigenvalue weighted by Crippen LogP contribution is -2.23. The number of cyclic esters (lactones) is 1. The number of halogens is 2. The van der Waals surface area contributed by atoms with Gasteiger partial charge in [0, 0.05) is 21.2 Å². The number of ether oxygens (including phenoxy) is 1. The van der Waals surface area contributed by atoms with E-state index in [9.17, 15) is 4.79 Å². The first-order valence-electron chi connectivity index (χ1n) is 5.81. The van der Waals surface area contributed by atoms with Crippen LogP contribution >= 0.6 is 23.2 Å². The monoisotopic (exact) mass is 292 g/mol. The van der Waals surface area contributed by atoms with Crippen molar-refractivity contribution in [2.45, 2.75) is 12.5 Å². The van der Waals surface area contributed by atoms with Crippen LogP contribution < -0.4 is 0 Å². The molecule has 2 aromatic rings. The van der Waals surface area contributed by atoms with Gasteiger partial charge in [-0.05, 0) is 25.1 Å². The molecule has 3 rings (SSSR count). The molecule has 0 fully saturated rings. The third kappa shape index (κ3) is 1.83. The molecule has 19 heavy (non-hydrogen) atoms. The number of benzene rings is 2. The topological polar surface area (TPSA) is 26.3 Å². The molecule has 1 heterocycles. The first-order chi connectivity index (χ1) is 9.02. The van der Waals surface area contributed by atoms with E-state index in [1.807, 2.05) is 25.1 Å². The van der Waals surface area contributed by atoms with Gasteiger partial charge in [0.15, 0.2) is 5.60 Å². The van der Waals surface area contributed by atoms with E-state index >= 15 is 0 Å². The summed E-state index contributed by atoms with van der Waals surface area (Å²) in [4.78, 5) is 11.9. The second-order valence-electron chi connectivity index (χ2n) is 4.59. The quantitative estimate of drug-likeness (QED) is 0.727. The standard InChI is InChI=1S/C15H10Cl2O2/c1-15(12-7-6-9(16)8-13(12)17)11-5-3-2-4-10(11)14(18)19-15/h2-8H,1H3. The lowest BCUT2D eigenvalue weighted by Gasteiger charge is -2.25. The number of carbonyl (C=O) groups excluding carboxylic acids is 1. The maximum absolute atomic E-state index is 11.9. The zero-order valence-electron chi connectivity index (χ0n) is 10.1. The molecule has 1 unspecified atom stereocenters. The summed E-state index contributed by atoms with van der Waals surface area (Å²) in [6.45, 7) is 1.84. The Labute approximate surface area is 120 Å². The molecule has 0 N–H and O–H groups in total. The minimum absolute atomic E-state index is 0.330. The lowest BCUT2D eigenvalue weighted by molar-refractivity contribution is 0.0180. The van der Waals surface area contributed by atoms with Crippen molar-refractivity contribution in [1.82, 2.24) is 0 Å². The Morgan fingerprint density at radius 3 is 2.53 bits per heavy atom. The highest BCUT2D eigenvalue weighted by Gasteiger charge is 2.43. The van der Waals surface area contributed by atoms with E-state index in [0.717, 1.165) is 11.1 Å². The minimum atomic E-state index is -0.866. The average Bonchev–Trinajstić information content (AvgIpc) is 2.63. The Morgan fingerprint density at radius 2 is 1.79 bits per heavy atom. The Bertz CT molecular complexity index is 682. The van der Waals surface area contributed by atoms with Gasteiger partial charge in [-0.25, -0.2) is 4.79 Å². The molecule has 0 aromatic heterocycles. The maximum atomic E-state index is 11.9. The molecular formula is C15H10Cl2O2. The summed E-state index contributed by atoms with van der Waals surface area (Å²) in [5, 5.41) is 1.04. The molecule has 1 aliphatic heterocycles. The molecule has 0 amide bonds. The van der Waals surface area contributed by atoms with E-state index in [0.29, 0.717) is 15.6 Å². The molecule has 4 heteroatoms. The smallest absolute Gasteiger partial charge is 0.339 e. The number of fused-ring (bicyclic) bond motifs is 1. The number of hydrogen-bond acceptors (Lipinski definition) is 2. The average molecular weight is 293 g/mol. The van der Waals surface area contributed by atoms with Gasteiger partial charge in [0.25, 0.3) is 0 Å². The van der Waals surface area contributed by atoms with Gasteiger partial charge < -0.3 is 4.74 Å². The van der Waals surface area contributed by atoms with Crippen LogP contribution in [0.1, 0.15) is 28.4 Å². The van der Waals surface area contributed by atoms with Crippen molar-refractivity contribution in [3.05, 3.63) is 69.2 Å². The van der Waals surface area contributed by atoms with Gasteiger partial charge in [-0.15, -0.1) is 0 Å². The van der Waals surface area contributed by atoms with Gasteiger partial charge in [0.05, 0.1) is 5.56 Å². The summed E-state index contributed by atoms with van der Waals surface area (Å²) in [5.41, 5.74) is 1.27. The Morgan fingerprint density at radius 1 is 1.05 bits per heavy atom. The first kappa shape index (κ1) is 12.5. The van der Waals surface area contributed by atoms with Crippen LogP contribution in [0.2, 0.25) is 10.0 Å². The predicted molar refractivity (Wildman–Crippen MR) is 74.8 cm³/mol. The van der Waals surface area contributed by atoms with Crippen molar-refractivity contribution in [3.8, 4) is 0 Å². The summed E-state index contributed by atoms with van der Waals surface area (Å²) in [7, 11) is 0. The van der Waals surface area contributed by atoms with Crippen LogP contribution in [-0.4, -0.2) is 5.97 Å².